The van der Waals surface area contributed by atoms with E-state index in [0.29, 0.717) is 28.2 Å². The Morgan fingerprint density at radius 3 is 2.34 bits per heavy atom. The van der Waals surface area contributed by atoms with E-state index < -0.39 is 11.9 Å². The van der Waals surface area contributed by atoms with Crippen molar-refractivity contribution < 1.29 is 23.8 Å². The number of rotatable bonds is 7. The van der Waals surface area contributed by atoms with Crippen LogP contribution in [0.3, 0.4) is 0 Å². The highest BCUT2D eigenvalue weighted by atomic mass is 16.6. The first kappa shape index (κ1) is 22.1. The quantitative estimate of drug-likeness (QED) is 0.266. The van der Waals surface area contributed by atoms with Crippen LogP contribution in [0.1, 0.15) is 31.8 Å². The second kappa shape index (κ2) is 10.4. The smallest absolute Gasteiger partial charge is 0.347 e. The van der Waals surface area contributed by atoms with Gasteiger partial charge in [0.15, 0.2) is 11.5 Å². The summed E-state index contributed by atoms with van der Waals surface area (Å²) in [4.78, 5) is 24.6. The minimum absolute atomic E-state index is 0.224. The van der Waals surface area contributed by atoms with Gasteiger partial charge in [-0.1, -0.05) is 12.1 Å². The number of nitriles is 1. The zero-order valence-electron chi connectivity index (χ0n) is 17.4. The lowest BCUT2D eigenvalue weighted by atomic mass is 10.1. The molecule has 3 aromatic rings. The van der Waals surface area contributed by atoms with Crippen LogP contribution in [0.2, 0.25) is 0 Å². The van der Waals surface area contributed by atoms with Gasteiger partial charge in [-0.05, 0) is 60.2 Å². The standard InChI is InChI=1S/C24H19N3O5/c1-30-20-6-4-3-5-19(20)24(29)32-21-12-9-17(13-22(21)31-2)15-26-27-23(28)18-10-7-16(14-25)8-11-18/h3-13,15H,1-2H3,(H,27,28). The van der Waals surface area contributed by atoms with E-state index in [1.807, 2.05) is 6.07 Å². The van der Waals surface area contributed by atoms with Gasteiger partial charge in [0.25, 0.3) is 5.91 Å². The number of hydrogen-bond acceptors (Lipinski definition) is 7. The lowest BCUT2D eigenvalue weighted by Gasteiger charge is -2.11. The summed E-state index contributed by atoms with van der Waals surface area (Å²) in [5, 5.41) is 12.7. The van der Waals surface area contributed by atoms with Crippen LogP contribution in [0.15, 0.2) is 71.8 Å². The average Bonchev–Trinajstić information content (AvgIpc) is 2.84. The second-order valence-electron chi connectivity index (χ2n) is 6.39. The van der Waals surface area contributed by atoms with Gasteiger partial charge in [0.1, 0.15) is 11.3 Å². The molecule has 0 aliphatic rings. The van der Waals surface area contributed by atoms with Crippen molar-refractivity contribution in [2.24, 2.45) is 5.10 Å². The van der Waals surface area contributed by atoms with E-state index in [4.69, 9.17) is 19.5 Å². The van der Waals surface area contributed by atoms with E-state index in [1.54, 1.807) is 54.6 Å². The summed E-state index contributed by atoms with van der Waals surface area (Å²) < 4.78 is 16.0. The molecule has 0 bridgehead atoms. The minimum Gasteiger partial charge on any atom is -0.496 e. The molecule has 0 radical (unpaired) electrons. The predicted octanol–water partition coefficient (Wildman–Crippen LogP) is 3.56. The fraction of sp³-hybridized carbons (Fsp3) is 0.0833. The van der Waals surface area contributed by atoms with Gasteiger partial charge in [-0.2, -0.15) is 10.4 Å². The molecule has 0 aromatic heterocycles. The Morgan fingerprint density at radius 2 is 1.66 bits per heavy atom. The van der Waals surface area contributed by atoms with Crippen LogP contribution in [0.4, 0.5) is 0 Å². The zero-order valence-corrected chi connectivity index (χ0v) is 17.4. The first-order valence-corrected chi connectivity index (χ1v) is 9.42. The summed E-state index contributed by atoms with van der Waals surface area (Å²) in [5.41, 5.74) is 4.14. The van der Waals surface area contributed by atoms with E-state index in [-0.39, 0.29) is 11.3 Å². The van der Waals surface area contributed by atoms with Crippen LogP contribution < -0.4 is 19.6 Å². The molecule has 8 heteroatoms. The predicted molar refractivity (Wildman–Crippen MR) is 117 cm³/mol. The summed E-state index contributed by atoms with van der Waals surface area (Å²) in [6, 6.07) is 19.7. The highest BCUT2D eigenvalue weighted by molar-refractivity contribution is 5.95. The van der Waals surface area contributed by atoms with Gasteiger partial charge in [0.2, 0.25) is 0 Å². The van der Waals surface area contributed by atoms with Crippen molar-refractivity contribution in [1.82, 2.24) is 5.43 Å². The third-order valence-electron chi connectivity index (χ3n) is 4.37. The molecular formula is C24H19N3O5. The average molecular weight is 429 g/mol. The van der Waals surface area contributed by atoms with Crippen molar-refractivity contribution in [3.8, 4) is 23.3 Å². The number of amides is 1. The molecule has 32 heavy (non-hydrogen) atoms. The van der Waals surface area contributed by atoms with E-state index in [1.165, 1.54) is 32.6 Å². The summed E-state index contributed by atoms with van der Waals surface area (Å²) in [7, 11) is 2.92. The molecule has 1 N–H and O–H groups in total. The highest BCUT2D eigenvalue weighted by Gasteiger charge is 2.16. The molecule has 0 saturated heterocycles. The molecule has 160 valence electrons. The molecule has 0 atom stereocenters. The molecule has 0 saturated carbocycles. The molecule has 0 aliphatic carbocycles. The maximum Gasteiger partial charge on any atom is 0.347 e. The van der Waals surface area contributed by atoms with Gasteiger partial charge < -0.3 is 14.2 Å². The lowest BCUT2D eigenvalue weighted by Crippen LogP contribution is -2.17. The van der Waals surface area contributed by atoms with Crippen LogP contribution in [0, 0.1) is 11.3 Å². The van der Waals surface area contributed by atoms with Gasteiger partial charge in [-0.15, -0.1) is 0 Å². The van der Waals surface area contributed by atoms with Gasteiger partial charge in [-0.3, -0.25) is 4.79 Å². The van der Waals surface area contributed by atoms with Crippen molar-refractivity contribution >= 4 is 18.1 Å². The molecule has 0 heterocycles. The number of esters is 1. The number of carbonyl (C=O) groups excluding carboxylic acids is 2. The maximum absolute atomic E-state index is 12.5. The Kier molecular flexibility index (Phi) is 7.17. The number of ether oxygens (including phenoxy) is 3. The molecule has 3 rings (SSSR count). The Hall–Kier alpha value is -4.64. The van der Waals surface area contributed by atoms with E-state index >= 15 is 0 Å². The van der Waals surface area contributed by atoms with Crippen molar-refractivity contribution in [1.29, 1.82) is 5.26 Å². The van der Waals surface area contributed by atoms with Crippen molar-refractivity contribution in [2.45, 2.75) is 0 Å². The largest absolute Gasteiger partial charge is 0.496 e. The number of benzene rings is 3. The normalized spacial score (nSPS) is 10.3. The fourth-order valence-corrected chi connectivity index (χ4v) is 2.74. The first-order chi connectivity index (χ1) is 15.5. The van der Waals surface area contributed by atoms with Crippen molar-refractivity contribution in [3.63, 3.8) is 0 Å². The number of nitrogens with one attached hydrogen (secondary N) is 1. The van der Waals surface area contributed by atoms with Crippen LogP contribution in [-0.2, 0) is 0 Å². The first-order valence-electron chi connectivity index (χ1n) is 9.42. The molecule has 0 spiro atoms. The molecular weight excluding hydrogens is 410 g/mol. The Balaban J connectivity index is 1.68. The summed E-state index contributed by atoms with van der Waals surface area (Å²) in [5.74, 6) is -0.0621. The molecule has 1 amide bonds. The summed E-state index contributed by atoms with van der Waals surface area (Å²) in [6.07, 6.45) is 1.43. The van der Waals surface area contributed by atoms with Crippen molar-refractivity contribution in [2.75, 3.05) is 14.2 Å². The number of hydrogen-bond donors (Lipinski definition) is 1. The Morgan fingerprint density at radius 1 is 0.938 bits per heavy atom. The number of carbonyl (C=O) groups is 2. The van der Waals surface area contributed by atoms with E-state index in [2.05, 4.69) is 10.5 Å². The SMILES string of the molecule is COc1cc(C=NNC(=O)c2ccc(C#N)cc2)ccc1OC(=O)c1ccccc1OC. The third kappa shape index (κ3) is 5.29. The van der Waals surface area contributed by atoms with Crippen LogP contribution in [0.5, 0.6) is 17.2 Å². The highest BCUT2D eigenvalue weighted by Crippen LogP contribution is 2.29. The maximum atomic E-state index is 12.5. The molecule has 0 aliphatic heterocycles. The minimum atomic E-state index is -0.586. The molecule has 0 unspecified atom stereocenters. The van der Waals surface area contributed by atoms with E-state index in [9.17, 15) is 9.59 Å². The van der Waals surface area contributed by atoms with Gasteiger partial charge >= 0.3 is 5.97 Å². The zero-order chi connectivity index (χ0) is 22.9. The van der Waals surface area contributed by atoms with E-state index in [0.717, 1.165) is 0 Å². The molecule has 3 aromatic carbocycles. The Labute approximate surface area is 184 Å². The van der Waals surface area contributed by atoms with Crippen LogP contribution >= 0.6 is 0 Å². The van der Waals surface area contributed by atoms with Gasteiger partial charge in [0, 0.05) is 5.56 Å². The summed E-state index contributed by atoms with van der Waals surface area (Å²) >= 11 is 0. The summed E-state index contributed by atoms with van der Waals surface area (Å²) in [6.45, 7) is 0. The van der Waals surface area contributed by atoms with Gasteiger partial charge in [0.05, 0.1) is 32.1 Å². The number of para-hydroxylation sites is 1. The monoisotopic (exact) mass is 429 g/mol. The topological polar surface area (TPSA) is 110 Å². The fourth-order valence-electron chi connectivity index (χ4n) is 2.74. The third-order valence-corrected chi connectivity index (χ3v) is 4.37. The molecule has 0 fully saturated rings. The second-order valence-corrected chi connectivity index (χ2v) is 6.39. The number of nitrogens with zero attached hydrogens (tertiary/aromatic N) is 2. The number of hydrazone groups is 1. The van der Waals surface area contributed by atoms with Crippen LogP contribution in [-0.4, -0.2) is 32.3 Å². The molecule has 8 nitrogen and oxygen atoms in total. The van der Waals surface area contributed by atoms with Crippen LogP contribution in [0.25, 0.3) is 0 Å². The lowest BCUT2D eigenvalue weighted by molar-refractivity contribution is 0.0726. The Bertz CT molecular complexity index is 1200. The van der Waals surface area contributed by atoms with Gasteiger partial charge in [-0.25, -0.2) is 10.2 Å². The van der Waals surface area contributed by atoms with Crippen molar-refractivity contribution in [3.05, 3.63) is 89.0 Å². The number of methoxy groups -OCH3 is 2.